The number of hydrogen-bond acceptors (Lipinski definition) is 4. The SMILES string of the molecule is C=CCCc1ccc2nc(/C(C)=C/N=C(\N=C)c3ccc4c(F)c(C(F)(F)Oc5cc(F)c(F)c(F)c5)c(F)cc4c3)sc2c1. The molecule has 12 heteroatoms. The summed E-state index contributed by atoms with van der Waals surface area (Å²) in [4.78, 5) is 12.9. The highest BCUT2D eigenvalue weighted by atomic mass is 32.1. The number of aliphatic imine (C=N–C) groups is 2. The normalized spacial score (nSPS) is 12.6. The quantitative estimate of drug-likeness (QED) is 0.0529. The summed E-state index contributed by atoms with van der Waals surface area (Å²) in [6.45, 7) is 9.06. The molecule has 0 aliphatic carbocycles. The Hall–Kier alpha value is -4.84. The van der Waals surface area contributed by atoms with Gasteiger partial charge in [-0.1, -0.05) is 24.3 Å². The molecule has 0 atom stereocenters. The van der Waals surface area contributed by atoms with Crippen molar-refractivity contribution < 1.29 is 35.5 Å². The maximum absolute atomic E-state index is 15.3. The molecule has 0 N–H and O–H groups in total. The first-order chi connectivity index (χ1) is 21.4. The summed E-state index contributed by atoms with van der Waals surface area (Å²) < 4.78 is 105. The minimum absolute atomic E-state index is 0.0861. The molecule has 1 aromatic heterocycles. The van der Waals surface area contributed by atoms with Crippen molar-refractivity contribution in [3.63, 3.8) is 0 Å². The molecule has 0 aliphatic heterocycles. The van der Waals surface area contributed by atoms with Crippen LogP contribution in [0, 0.1) is 29.1 Å². The topological polar surface area (TPSA) is 46.8 Å². The van der Waals surface area contributed by atoms with Crippen molar-refractivity contribution in [2.24, 2.45) is 9.98 Å². The smallest absolute Gasteiger partial charge is 0.429 e. The number of hydrogen-bond donors (Lipinski definition) is 0. The van der Waals surface area contributed by atoms with Crippen LogP contribution in [0.3, 0.4) is 0 Å². The molecule has 0 spiro atoms. The zero-order chi connectivity index (χ0) is 32.5. The first-order valence-electron chi connectivity index (χ1n) is 13.3. The summed E-state index contributed by atoms with van der Waals surface area (Å²) in [7, 11) is 0. The average Bonchev–Trinajstić information content (AvgIpc) is 3.42. The average molecular weight is 642 g/mol. The van der Waals surface area contributed by atoms with Gasteiger partial charge in [-0.3, -0.25) is 0 Å². The molecule has 1 heterocycles. The molecule has 5 rings (SSSR count). The first kappa shape index (κ1) is 31.6. The zero-order valence-electron chi connectivity index (χ0n) is 23.5. The van der Waals surface area contributed by atoms with Crippen molar-refractivity contribution in [2.75, 3.05) is 0 Å². The number of alkyl halides is 2. The number of allylic oxidation sites excluding steroid dienone is 2. The van der Waals surface area contributed by atoms with Crippen LogP contribution in [-0.4, -0.2) is 17.5 Å². The van der Waals surface area contributed by atoms with E-state index in [1.807, 2.05) is 25.1 Å². The van der Waals surface area contributed by atoms with E-state index in [0.717, 1.165) is 39.7 Å². The third-order valence-electron chi connectivity index (χ3n) is 6.74. The lowest BCUT2D eigenvalue weighted by Crippen LogP contribution is -2.25. The largest absolute Gasteiger partial charge is 0.432 e. The summed E-state index contributed by atoms with van der Waals surface area (Å²) in [5.41, 5.74) is 1.20. The number of thiazole rings is 1. The fourth-order valence-electron chi connectivity index (χ4n) is 4.51. The van der Waals surface area contributed by atoms with Crippen LogP contribution in [0.15, 0.2) is 83.4 Å². The van der Waals surface area contributed by atoms with Gasteiger partial charge in [0.15, 0.2) is 23.3 Å². The highest BCUT2D eigenvalue weighted by Gasteiger charge is 2.42. The van der Waals surface area contributed by atoms with E-state index in [4.69, 9.17) is 0 Å². The van der Waals surface area contributed by atoms with Gasteiger partial charge in [-0.05, 0) is 61.7 Å². The fraction of sp³-hybridized carbons (Fsp3) is 0.121. The van der Waals surface area contributed by atoms with Crippen molar-refractivity contribution in [3.8, 4) is 5.75 Å². The predicted molar refractivity (Wildman–Crippen MR) is 163 cm³/mol. The molecular weight excluding hydrogens is 619 g/mol. The first-order valence-corrected chi connectivity index (χ1v) is 14.1. The lowest BCUT2D eigenvalue weighted by molar-refractivity contribution is -0.189. The minimum atomic E-state index is -4.72. The highest BCUT2D eigenvalue weighted by molar-refractivity contribution is 7.19. The van der Waals surface area contributed by atoms with Crippen molar-refractivity contribution in [2.45, 2.75) is 25.9 Å². The van der Waals surface area contributed by atoms with Gasteiger partial charge >= 0.3 is 6.11 Å². The van der Waals surface area contributed by atoms with E-state index < -0.39 is 51.9 Å². The molecule has 0 saturated carbocycles. The van der Waals surface area contributed by atoms with Crippen LogP contribution in [0.25, 0.3) is 26.6 Å². The highest BCUT2D eigenvalue weighted by Crippen LogP contribution is 2.38. The van der Waals surface area contributed by atoms with E-state index in [1.165, 1.54) is 35.2 Å². The van der Waals surface area contributed by atoms with Gasteiger partial charge in [0.2, 0.25) is 0 Å². The monoisotopic (exact) mass is 641 g/mol. The summed E-state index contributed by atoms with van der Waals surface area (Å²) in [5, 5.41) is 0.200. The van der Waals surface area contributed by atoms with E-state index in [9.17, 15) is 26.3 Å². The van der Waals surface area contributed by atoms with E-state index in [0.29, 0.717) is 6.07 Å². The van der Waals surface area contributed by atoms with Crippen molar-refractivity contribution in [1.82, 2.24) is 4.98 Å². The van der Waals surface area contributed by atoms with Gasteiger partial charge in [-0.25, -0.2) is 36.9 Å². The second-order valence-corrected chi connectivity index (χ2v) is 10.9. The number of ether oxygens (including phenoxy) is 1. The van der Waals surface area contributed by atoms with E-state index in [1.54, 1.807) is 0 Å². The van der Waals surface area contributed by atoms with E-state index in [2.05, 4.69) is 39.1 Å². The predicted octanol–water partition coefficient (Wildman–Crippen LogP) is 9.90. The zero-order valence-corrected chi connectivity index (χ0v) is 24.3. The molecule has 4 nitrogen and oxygen atoms in total. The number of amidine groups is 1. The number of halogens is 7. The lowest BCUT2D eigenvalue weighted by atomic mass is 10.0. The molecule has 0 radical (unpaired) electrons. The maximum Gasteiger partial charge on any atom is 0.432 e. The van der Waals surface area contributed by atoms with Gasteiger partial charge in [0.25, 0.3) is 0 Å². The Kier molecular flexibility index (Phi) is 8.87. The Labute approximate surface area is 256 Å². The van der Waals surface area contributed by atoms with Gasteiger partial charge in [0.1, 0.15) is 28.0 Å². The lowest BCUT2D eigenvalue weighted by Gasteiger charge is -2.20. The summed E-state index contributed by atoms with van der Waals surface area (Å²) >= 11 is 1.49. The molecule has 4 aromatic carbocycles. The standard InChI is InChI=1S/C33H22F7N3OS/c1-4-5-6-18-7-10-26-27(11-18)45-32(43-26)17(2)16-42-31(41-3)19-8-9-22-20(12-19)13-23(34)28(29(22)37)33(39,40)44-21-14-24(35)30(38)25(36)15-21/h4,7-16H,1,3,5-6H2,2H3/b17-16+,42-31-. The van der Waals surface area contributed by atoms with Crippen molar-refractivity contribution in [3.05, 3.63) is 124 Å². The third kappa shape index (κ3) is 6.51. The molecule has 230 valence electrons. The second-order valence-electron chi connectivity index (χ2n) is 9.87. The van der Waals surface area contributed by atoms with Crippen LogP contribution >= 0.6 is 11.3 Å². The van der Waals surface area contributed by atoms with Crippen LogP contribution in [0.1, 0.15) is 35.0 Å². The number of aryl methyl sites for hydroxylation is 1. The van der Waals surface area contributed by atoms with Crippen molar-refractivity contribution >= 4 is 50.5 Å². The number of nitrogens with zero attached hydrogens (tertiary/aromatic N) is 3. The number of benzene rings is 4. The number of rotatable bonds is 9. The van der Waals surface area contributed by atoms with Gasteiger partial charge < -0.3 is 4.74 Å². The van der Waals surface area contributed by atoms with Gasteiger partial charge in [0.05, 0.1) is 10.2 Å². The maximum atomic E-state index is 15.3. The molecule has 45 heavy (non-hydrogen) atoms. The third-order valence-corrected chi connectivity index (χ3v) is 7.89. The van der Waals surface area contributed by atoms with Crippen LogP contribution in [0.5, 0.6) is 5.75 Å². The van der Waals surface area contributed by atoms with E-state index >= 15 is 4.39 Å². The Balaban J connectivity index is 1.44. The van der Waals surface area contributed by atoms with Crippen molar-refractivity contribution in [1.29, 1.82) is 0 Å². The Bertz CT molecular complexity index is 2010. The molecule has 0 bridgehead atoms. The van der Waals surface area contributed by atoms with Gasteiger partial charge in [-0.2, -0.15) is 8.78 Å². The summed E-state index contributed by atoms with van der Waals surface area (Å²) in [5.74, 6) is -10.0. The Morgan fingerprint density at radius 1 is 0.956 bits per heavy atom. The van der Waals surface area contributed by atoms with Crippen LogP contribution < -0.4 is 4.74 Å². The number of aromatic nitrogens is 1. The molecule has 0 amide bonds. The minimum Gasteiger partial charge on any atom is -0.429 e. The Morgan fingerprint density at radius 3 is 2.38 bits per heavy atom. The van der Waals surface area contributed by atoms with Crippen LogP contribution in [-0.2, 0) is 12.5 Å². The van der Waals surface area contributed by atoms with Crippen LogP contribution in [0.2, 0.25) is 0 Å². The summed E-state index contributed by atoms with van der Waals surface area (Å²) in [6, 6.07) is 10.7. The van der Waals surface area contributed by atoms with Gasteiger partial charge in [0, 0.05) is 34.9 Å². The van der Waals surface area contributed by atoms with Gasteiger partial charge in [-0.15, -0.1) is 17.9 Å². The summed E-state index contributed by atoms with van der Waals surface area (Å²) in [6.07, 6.45) is 0.394. The fourth-order valence-corrected chi connectivity index (χ4v) is 5.50. The van der Waals surface area contributed by atoms with E-state index in [-0.39, 0.29) is 28.9 Å². The molecular formula is C33H22F7N3OS. The molecule has 0 saturated heterocycles. The van der Waals surface area contributed by atoms with Crippen LogP contribution in [0.4, 0.5) is 30.7 Å². The molecule has 0 fully saturated rings. The number of fused-ring (bicyclic) bond motifs is 2. The second kappa shape index (κ2) is 12.6. The Morgan fingerprint density at radius 2 is 1.69 bits per heavy atom. The molecule has 0 unspecified atom stereocenters. The molecule has 0 aliphatic rings. The molecule has 5 aromatic rings.